The van der Waals surface area contributed by atoms with Crippen LogP contribution in [0.15, 0.2) is 127 Å². The molecule has 1 radical (unpaired) electrons. The van der Waals surface area contributed by atoms with Gasteiger partial charge in [0.2, 0.25) is 11.8 Å². The van der Waals surface area contributed by atoms with Crippen LogP contribution in [-0.2, 0) is 46.0 Å². The van der Waals surface area contributed by atoms with Crippen LogP contribution in [0.5, 0.6) is 23.0 Å². The van der Waals surface area contributed by atoms with Crippen LogP contribution in [-0.4, -0.2) is 61.6 Å². The van der Waals surface area contributed by atoms with Crippen LogP contribution in [0, 0.1) is 0 Å². The van der Waals surface area contributed by atoms with Gasteiger partial charge in [-0.05, 0) is 71.4 Å². The molecule has 0 bridgehead atoms. The van der Waals surface area contributed by atoms with E-state index in [0.717, 1.165) is 12.5 Å². The number of amides is 2. The van der Waals surface area contributed by atoms with Gasteiger partial charge in [0.25, 0.3) is 0 Å². The second kappa shape index (κ2) is 19.4. The molecular formula is C38H34CoN6NaO10S2+. The topological polar surface area (TPSA) is 257 Å². The van der Waals surface area contributed by atoms with E-state index in [4.69, 9.17) is 0 Å². The Morgan fingerprint density at radius 3 is 1.19 bits per heavy atom. The van der Waals surface area contributed by atoms with Crippen molar-refractivity contribution in [2.24, 2.45) is 20.5 Å². The van der Waals surface area contributed by atoms with Gasteiger partial charge in [-0.2, -0.15) is 0 Å². The van der Waals surface area contributed by atoms with E-state index >= 15 is 0 Å². The Morgan fingerprint density at radius 1 is 0.517 bits per heavy atom. The smallest absolute Gasteiger partial charge is 0.506 e. The number of sulfone groups is 2. The van der Waals surface area contributed by atoms with E-state index in [9.17, 15) is 46.9 Å². The molecule has 0 heterocycles. The zero-order valence-electron chi connectivity index (χ0n) is 31.4. The minimum absolute atomic E-state index is 0. The van der Waals surface area contributed by atoms with Gasteiger partial charge in [-0.15, -0.1) is 20.5 Å². The Morgan fingerprint density at radius 2 is 0.862 bits per heavy atom. The van der Waals surface area contributed by atoms with Crippen molar-refractivity contribution in [1.29, 1.82) is 0 Å². The Labute approximate surface area is 365 Å². The second-order valence-electron chi connectivity index (χ2n) is 12.3. The van der Waals surface area contributed by atoms with Gasteiger partial charge in [0.05, 0.1) is 21.2 Å². The Bertz CT molecular complexity index is 2650. The van der Waals surface area contributed by atoms with E-state index in [1.807, 2.05) is 0 Å². The molecule has 0 saturated carbocycles. The first-order valence-corrected chi connectivity index (χ1v) is 20.1. The van der Waals surface area contributed by atoms with Crippen LogP contribution < -0.4 is 40.2 Å². The second-order valence-corrected chi connectivity index (χ2v) is 16.3. The summed E-state index contributed by atoms with van der Waals surface area (Å²) in [6, 6.07) is 23.8. The number of phenols is 4. The van der Waals surface area contributed by atoms with Crippen LogP contribution >= 0.6 is 0 Å². The number of nitrogens with zero attached hydrogens (tertiary/aromatic N) is 4. The first kappa shape index (κ1) is 47.0. The number of hydrogen-bond donors (Lipinski definition) is 6. The van der Waals surface area contributed by atoms with E-state index in [0.29, 0.717) is 32.9 Å². The largest absolute Gasteiger partial charge is 1.00 e. The maximum atomic E-state index is 11.7. The molecule has 58 heavy (non-hydrogen) atoms. The summed E-state index contributed by atoms with van der Waals surface area (Å²) in [5.41, 5.74) is 0.873. The molecule has 6 rings (SSSR count). The molecule has 20 heteroatoms. The van der Waals surface area contributed by atoms with Gasteiger partial charge in [-0.3, -0.25) is 9.59 Å². The van der Waals surface area contributed by atoms with E-state index in [1.165, 1.54) is 62.4 Å². The summed E-state index contributed by atoms with van der Waals surface area (Å²) in [7, 11) is -7.00. The van der Waals surface area contributed by atoms with Gasteiger partial charge >= 0.3 is 29.6 Å². The molecule has 16 nitrogen and oxygen atoms in total. The zero-order chi connectivity index (χ0) is 40.9. The Balaban J connectivity index is 0.000000300. The number of anilines is 2. The normalized spacial score (nSPS) is 11.4. The summed E-state index contributed by atoms with van der Waals surface area (Å²) in [6.07, 6.45) is 2.08. The third kappa shape index (κ3) is 11.4. The zero-order valence-corrected chi connectivity index (χ0v) is 36.1. The van der Waals surface area contributed by atoms with Crippen LogP contribution in [0.1, 0.15) is 13.8 Å². The van der Waals surface area contributed by atoms with Crippen molar-refractivity contribution in [2.75, 3.05) is 23.1 Å². The van der Waals surface area contributed by atoms with Crippen molar-refractivity contribution in [1.82, 2.24) is 0 Å². The monoisotopic (exact) mass is 880 g/mol. The van der Waals surface area contributed by atoms with Crippen LogP contribution in [0.25, 0.3) is 21.5 Å². The molecule has 0 saturated heterocycles. The number of benzene rings is 6. The van der Waals surface area contributed by atoms with Gasteiger partial charge in [0.1, 0.15) is 45.7 Å². The fourth-order valence-electron chi connectivity index (χ4n) is 5.32. The molecule has 6 aromatic rings. The predicted octanol–water partition coefficient (Wildman–Crippen LogP) is 5.06. The summed E-state index contributed by atoms with van der Waals surface area (Å²) in [4.78, 5) is 22.9. The average molecular weight is 881 g/mol. The fourth-order valence-corrected chi connectivity index (χ4v) is 6.61. The maximum Gasteiger partial charge on any atom is 1.00 e. The molecule has 0 aliphatic rings. The van der Waals surface area contributed by atoms with Crippen LogP contribution in [0.4, 0.5) is 34.1 Å². The summed E-state index contributed by atoms with van der Waals surface area (Å²) in [6.45, 7) is 2.72. The summed E-state index contributed by atoms with van der Waals surface area (Å²) < 4.78 is 46.9. The van der Waals surface area contributed by atoms with Crippen molar-refractivity contribution in [3.63, 3.8) is 0 Å². The molecule has 0 aromatic heterocycles. The number of aromatic hydroxyl groups is 4. The standard InChI is InChI=1S/2C19H17N3O5S.Co.Na/c2*1-11(23)20-14-5-3-4-12-6-8-17(25)19(18(12)14)22-21-15-10-13(28(2,26)27)7-9-16(15)24;;/h2*3-10,24-25H,1-2H3,(H,20,23);;/q;;;+1. The van der Waals surface area contributed by atoms with Crippen molar-refractivity contribution in [3.8, 4) is 23.0 Å². The Kier molecular flexibility index (Phi) is 15.7. The first-order chi connectivity index (χ1) is 26.3. The average Bonchev–Trinajstić information content (AvgIpc) is 3.11. The quantitative estimate of drug-likeness (QED) is 0.0875. The summed E-state index contributed by atoms with van der Waals surface area (Å²) in [5.74, 6) is -1.49. The molecule has 0 unspecified atom stereocenters. The van der Waals surface area contributed by atoms with Gasteiger partial charge < -0.3 is 31.1 Å². The number of azo groups is 2. The molecule has 6 aromatic carbocycles. The fraction of sp³-hybridized carbons (Fsp3) is 0.105. The third-order valence-corrected chi connectivity index (χ3v) is 10.1. The number of fused-ring (bicyclic) bond motifs is 2. The minimum atomic E-state index is -3.50. The molecule has 297 valence electrons. The molecular weight excluding hydrogens is 847 g/mol. The molecule has 0 aliphatic heterocycles. The summed E-state index contributed by atoms with van der Waals surface area (Å²) >= 11 is 0. The number of nitrogens with one attached hydrogen (secondary N) is 2. The van der Waals surface area contributed by atoms with Crippen molar-refractivity contribution >= 4 is 87.2 Å². The number of hydrogen-bond acceptors (Lipinski definition) is 14. The van der Waals surface area contributed by atoms with E-state index in [2.05, 4.69) is 31.1 Å². The van der Waals surface area contributed by atoms with Gasteiger partial charge in [0, 0.05) is 53.9 Å². The van der Waals surface area contributed by atoms with Gasteiger partial charge in [-0.1, -0.05) is 36.4 Å². The molecule has 0 atom stereocenters. The van der Waals surface area contributed by atoms with Crippen LogP contribution in [0.2, 0.25) is 0 Å². The van der Waals surface area contributed by atoms with Gasteiger partial charge in [-0.25, -0.2) is 16.8 Å². The van der Waals surface area contributed by atoms with Gasteiger partial charge in [0.15, 0.2) is 19.7 Å². The number of carbonyl (C=O) groups is 2. The molecule has 0 spiro atoms. The number of carbonyl (C=O) groups excluding carboxylic acids is 2. The molecule has 2 amide bonds. The maximum absolute atomic E-state index is 11.7. The van der Waals surface area contributed by atoms with Crippen LogP contribution in [0.3, 0.4) is 0 Å². The molecule has 6 N–H and O–H groups in total. The Hall–Kier alpha value is -5.41. The number of phenolic OH excluding ortho intramolecular Hbond substituents is 4. The third-order valence-electron chi connectivity index (χ3n) is 7.88. The minimum Gasteiger partial charge on any atom is -0.506 e. The molecule has 0 aliphatic carbocycles. The van der Waals surface area contributed by atoms with E-state index in [-0.39, 0.29) is 114 Å². The van der Waals surface area contributed by atoms with Crippen molar-refractivity contribution in [2.45, 2.75) is 23.6 Å². The van der Waals surface area contributed by atoms with Crippen molar-refractivity contribution < 1.29 is 93.2 Å². The summed E-state index contributed by atoms with van der Waals surface area (Å²) in [5, 5.41) is 64.0. The van der Waals surface area contributed by atoms with E-state index in [1.54, 1.807) is 48.5 Å². The predicted molar refractivity (Wildman–Crippen MR) is 211 cm³/mol. The SMILES string of the molecule is CC(=O)Nc1cccc2ccc(O)c(N=Nc3cc(S(C)(=O)=O)ccc3O)c12.CC(=O)Nc1cccc2ccc(O)c(N=Nc3cc(S(C)(=O)=O)ccc3O)c12.[Co].[Na+]. The number of rotatable bonds is 8. The first-order valence-electron chi connectivity index (χ1n) is 16.3. The van der Waals surface area contributed by atoms with E-state index < -0.39 is 19.7 Å². The van der Waals surface area contributed by atoms with Crippen molar-refractivity contribution in [3.05, 3.63) is 97.1 Å². The molecule has 0 fully saturated rings.